The van der Waals surface area contributed by atoms with Gasteiger partial charge in [-0.1, -0.05) is 17.7 Å². The summed E-state index contributed by atoms with van der Waals surface area (Å²) in [6, 6.07) is 8.32. The van der Waals surface area contributed by atoms with E-state index in [0.29, 0.717) is 0 Å². The molecular weight excluding hydrogens is 451 g/mol. The number of benzene rings is 2. The Hall–Kier alpha value is -3.20. The maximum absolute atomic E-state index is 13.9. The molecule has 2 aromatic carbocycles. The van der Waals surface area contributed by atoms with E-state index in [1.54, 1.807) is 32.0 Å². The number of halogens is 4. The molecule has 0 spiro atoms. The molecule has 0 aliphatic rings. The van der Waals surface area contributed by atoms with Crippen LogP contribution in [0.15, 0.2) is 45.6 Å². The van der Waals surface area contributed by atoms with Gasteiger partial charge < -0.3 is 19.2 Å². The molecule has 0 bridgehead atoms. The normalized spacial score (nSPS) is 11.4. The lowest BCUT2D eigenvalue weighted by molar-refractivity contribution is -0.137. The molecule has 10 heteroatoms. The Morgan fingerprint density at radius 3 is 2.28 bits per heavy atom. The summed E-state index contributed by atoms with van der Waals surface area (Å²) in [5, 5.41) is 2.12. The van der Waals surface area contributed by atoms with Crippen molar-refractivity contribution in [3.8, 4) is 11.5 Å². The fraction of sp³-hybridized carbons (Fsp3) is 0.273. The van der Waals surface area contributed by atoms with Crippen molar-refractivity contribution in [2.24, 2.45) is 0 Å². The summed E-state index contributed by atoms with van der Waals surface area (Å²) in [6.07, 6.45) is -5.81. The molecule has 0 aliphatic carbocycles. The van der Waals surface area contributed by atoms with Crippen molar-refractivity contribution >= 4 is 34.2 Å². The van der Waals surface area contributed by atoms with E-state index in [9.17, 15) is 22.8 Å². The van der Waals surface area contributed by atoms with Gasteiger partial charge in [-0.3, -0.25) is 4.79 Å². The monoisotopic (exact) mass is 469 g/mol. The number of fused-ring (bicyclic) bond motifs is 1. The van der Waals surface area contributed by atoms with E-state index >= 15 is 0 Å². The Labute approximate surface area is 185 Å². The van der Waals surface area contributed by atoms with Gasteiger partial charge in [0.25, 0.3) is 0 Å². The summed E-state index contributed by atoms with van der Waals surface area (Å²) in [7, 11) is 0. The highest BCUT2D eigenvalue weighted by atomic mass is 35.5. The fourth-order valence-corrected chi connectivity index (χ4v) is 3.40. The van der Waals surface area contributed by atoms with Crippen LogP contribution in [0.5, 0.6) is 11.5 Å². The number of carbonyl (C=O) groups is 1. The topological polar surface area (TPSA) is 77.8 Å². The van der Waals surface area contributed by atoms with Crippen LogP contribution in [0.4, 0.5) is 18.9 Å². The predicted octanol–water partition coefficient (Wildman–Crippen LogP) is 5.44. The van der Waals surface area contributed by atoms with Gasteiger partial charge in [-0.05, 0) is 44.2 Å². The van der Waals surface area contributed by atoms with E-state index in [-0.39, 0.29) is 41.0 Å². The van der Waals surface area contributed by atoms with E-state index in [1.807, 2.05) is 0 Å². The van der Waals surface area contributed by atoms with Crippen LogP contribution in [-0.4, -0.2) is 19.1 Å². The minimum absolute atomic E-state index is 0.0271. The lowest BCUT2D eigenvalue weighted by Crippen LogP contribution is -2.25. The second-order valence-electron chi connectivity index (χ2n) is 6.60. The van der Waals surface area contributed by atoms with Gasteiger partial charge in [-0.25, -0.2) is 4.79 Å². The Morgan fingerprint density at radius 2 is 1.72 bits per heavy atom. The average molecular weight is 470 g/mol. The van der Waals surface area contributed by atoms with Gasteiger partial charge in [0.1, 0.15) is 22.8 Å². The van der Waals surface area contributed by atoms with Gasteiger partial charge in [0.2, 0.25) is 5.91 Å². The molecule has 0 saturated carbocycles. The summed E-state index contributed by atoms with van der Waals surface area (Å²) in [6.45, 7) is 4.04. The molecule has 1 heterocycles. The number of hydrogen-bond donors (Lipinski definition) is 1. The molecule has 170 valence electrons. The van der Waals surface area contributed by atoms with Gasteiger partial charge in [0.15, 0.2) is 0 Å². The molecule has 0 atom stereocenters. The quantitative estimate of drug-likeness (QED) is 0.466. The molecule has 32 heavy (non-hydrogen) atoms. The van der Waals surface area contributed by atoms with Crippen LogP contribution in [0.1, 0.15) is 25.0 Å². The molecule has 0 unspecified atom stereocenters. The molecule has 6 nitrogen and oxygen atoms in total. The van der Waals surface area contributed by atoms with Crippen molar-refractivity contribution in [2.75, 3.05) is 18.5 Å². The Balaban J connectivity index is 2.05. The number of carbonyl (C=O) groups excluding carboxylic acids is 1. The van der Waals surface area contributed by atoms with Crippen LogP contribution < -0.4 is 20.4 Å². The van der Waals surface area contributed by atoms with E-state index in [0.717, 1.165) is 6.07 Å². The number of anilines is 1. The molecule has 1 N–H and O–H groups in total. The summed E-state index contributed by atoms with van der Waals surface area (Å²) < 4.78 is 57.7. The highest BCUT2D eigenvalue weighted by Gasteiger charge is 2.38. The number of hydrogen-bond acceptors (Lipinski definition) is 5. The van der Waals surface area contributed by atoms with Crippen LogP contribution in [0.25, 0.3) is 11.0 Å². The first-order valence-electron chi connectivity index (χ1n) is 9.66. The summed E-state index contributed by atoms with van der Waals surface area (Å²) in [5.41, 5.74) is -3.47. The van der Waals surface area contributed by atoms with Gasteiger partial charge in [-0.15, -0.1) is 0 Å². The summed E-state index contributed by atoms with van der Waals surface area (Å²) in [4.78, 5) is 25.1. The first-order valence-corrected chi connectivity index (χ1v) is 10.0. The van der Waals surface area contributed by atoms with E-state index in [2.05, 4.69) is 5.32 Å². The lowest BCUT2D eigenvalue weighted by Gasteiger charge is -2.17. The van der Waals surface area contributed by atoms with E-state index in [1.165, 1.54) is 12.1 Å². The number of nitrogens with one attached hydrogen (secondary N) is 1. The Bertz CT molecular complexity index is 1180. The summed E-state index contributed by atoms with van der Waals surface area (Å²) >= 11 is 5.85. The maximum atomic E-state index is 13.9. The standard InChI is InChI=1S/C22H19ClF3NO5/c1-3-30-16-6-5-7-17(31-4-2)20(16)27-18(28)11-14-19(22(24,25)26)13-10-12(23)8-9-15(13)32-21(14)29/h5-10H,3-4,11H2,1-2H3,(H,27,28). The first kappa shape index (κ1) is 23.5. The second kappa shape index (κ2) is 9.52. The number of para-hydroxylation sites is 1. The SMILES string of the molecule is CCOc1cccc(OCC)c1NC(=O)Cc1c(C(F)(F)F)c2cc(Cl)ccc2oc1=O. The molecule has 0 saturated heterocycles. The minimum Gasteiger partial charge on any atom is -0.492 e. The van der Waals surface area contributed by atoms with Crippen LogP contribution in [0.2, 0.25) is 5.02 Å². The van der Waals surface area contributed by atoms with Crippen molar-refractivity contribution in [2.45, 2.75) is 26.4 Å². The predicted molar refractivity (Wildman–Crippen MR) is 114 cm³/mol. The zero-order valence-electron chi connectivity index (χ0n) is 17.1. The van der Waals surface area contributed by atoms with Gasteiger partial charge in [-0.2, -0.15) is 13.2 Å². The van der Waals surface area contributed by atoms with Gasteiger partial charge >= 0.3 is 11.8 Å². The minimum atomic E-state index is -4.92. The zero-order valence-corrected chi connectivity index (χ0v) is 17.9. The van der Waals surface area contributed by atoms with Crippen molar-refractivity contribution in [3.63, 3.8) is 0 Å². The lowest BCUT2D eigenvalue weighted by atomic mass is 10.0. The number of alkyl halides is 3. The van der Waals surface area contributed by atoms with Crippen LogP contribution in [0.3, 0.4) is 0 Å². The zero-order chi connectivity index (χ0) is 23.5. The molecule has 0 aliphatic heterocycles. The maximum Gasteiger partial charge on any atom is 0.417 e. The number of rotatable bonds is 7. The third-order valence-corrected chi connectivity index (χ3v) is 4.67. The second-order valence-corrected chi connectivity index (χ2v) is 7.04. The van der Waals surface area contributed by atoms with Crippen molar-refractivity contribution < 1.29 is 31.9 Å². The molecule has 0 fully saturated rings. The van der Waals surface area contributed by atoms with Crippen molar-refractivity contribution in [1.29, 1.82) is 0 Å². The van der Waals surface area contributed by atoms with E-state index < -0.39 is 40.6 Å². The molecular formula is C22H19ClF3NO5. The third kappa shape index (κ3) is 4.99. The average Bonchev–Trinajstić information content (AvgIpc) is 2.70. The van der Waals surface area contributed by atoms with Crippen LogP contribution in [0, 0.1) is 0 Å². The largest absolute Gasteiger partial charge is 0.492 e. The van der Waals surface area contributed by atoms with Gasteiger partial charge in [0, 0.05) is 10.4 Å². The number of ether oxygens (including phenoxy) is 2. The molecule has 0 radical (unpaired) electrons. The molecule has 3 rings (SSSR count). The van der Waals surface area contributed by atoms with Crippen LogP contribution in [-0.2, 0) is 17.4 Å². The van der Waals surface area contributed by atoms with Gasteiger partial charge in [0.05, 0.1) is 30.8 Å². The van der Waals surface area contributed by atoms with Crippen LogP contribution >= 0.6 is 11.6 Å². The summed E-state index contributed by atoms with van der Waals surface area (Å²) in [5.74, 6) is -0.322. The van der Waals surface area contributed by atoms with Crippen molar-refractivity contribution in [3.05, 3.63) is 63.0 Å². The molecule has 3 aromatic rings. The molecule has 1 aromatic heterocycles. The Kier molecular flexibility index (Phi) is 6.98. The third-order valence-electron chi connectivity index (χ3n) is 4.43. The van der Waals surface area contributed by atoms with Crippen molar-refractivity contribution in [1.82, 2.24) is 0 Å². The smallest absolute Gasteiger partial charge is 0.417 e. The Morgan fingerprint density at radius 1 is 1.09 bits per heavy atom. The van der Waals surface area contributed by atoms with E-state index in [4.69, 9.17) is 25.5 Å². The molecule has 1 amide bonds. The highest BCUT2D eigenvalue weighted by Crippen LogP contribution is 2.38. The fourth-order valence-electron chi connectivity index (χ4n) is 3.23. The first-order chi connectivity index (χ1) is 15.2. The highest BCUT2D eigenvalue weighted by molar-refractivity contribution is 6.31. The number of amides is 1.